The topological polar surface area (TPSA) is 12.5 Å². The van der Waals surface area contributed by atoms with Crippen molar-refractivity contribution in [1.82, 2.24) is 4.90 Å². The summed E-state index contributed by atoms with van der Waals surface area (Å²) in [4.78, 5) is 2.67. The summed E-state index contributed by atoms with van der Waals surface area (Å²) in [6.07, 6.45) is 16.5. The third-order valence-electron chi connectivity index (χ3n) is 5.22. The summed E-state index contributed by atoms with van der Waals surface area (Å²) in [5.41, 5.74) is 1.41. The van der Waals surface area contributed by atoms with E-state index >= 15 is 0 Å². The van der Waals surface area contributed by atoms with E-state index in [1.54, 1.807) is 7.11 Å². The number of rotatable bonds is 17. The molecule has 150 valence electrons. The second-order valence-corrected chi connectivity index (χ2v) is 7.66. The van der Waals surface area contributed by atoms with Gasteiger partial charge in [-0.2, -0.15) is 0 Å². The summed E-state index contributed by atoms with van der Waals surface area (Å²) in [6, 6.07) is 8.61. The number of nitrogens with zero attached hydrogens (tertiary/aromatic N) is 1. The Hall–Kier alpha value is -1.02. The maximum atomic E-state index is 5.28. The van der Waals surface area contributed by atoms with Crippen molar-refractivity contribution in [2.45, 2.75) is 97.4 Å². The predicted octanol–water partition coefficient (Wildman–Crippen LogP) is 7.22. The lowest BCUT2D eigenvalue weighted by molar-refractivity contribution is 0.252. The number of methoxy groups -OCH3 is 1. The average Bonchev–Trinajstić information content (AvgIpc) is 2.67. The van der Waals surface area contributed by atoms with Crippen LogP contribution in [0.15, 0.2) is 24.3 Å². The van der Waals surface area contributed by atoms with E-state index in [-0.39, 0.29) is 0 Å². The normalized spacial score (nSPS) is 11.2. The highest BCUT2D eigenvalue weighted by molar-refractivity contribution is 5.27. The van der Waals surface area contributed by atoms with Gasteiger partial charge in [0.1, 0.15) is 5.75 Å². The first-order valence-electron chi connectivity index (χ1n) is 11.2. The molecule has 2 nitrogen and oxygen atoms in total. The fourth-order valence-corrected chi connectivity index (χ4v) is 3.49. The van der Waals surface area contributed by atoms with Gasteiger partial charge in [0.15, 0.2) is 0 Å². The molecule has 0 fully saturated rings. The van der Waals surface area contributed by atoms with E-state index < -0.39 is 0 Å². The lowest BCUT2D eigenvalue weighted by atomic mass is 10.1. The van der Waals surface area contributed by atoms with Crippen molar-refractivity contribution in [3.05, 3.63) is 29.8 Å². The van der Waals surface area contributed by atoms with E-state index in [0.717, 1.165) is 12.3 Å². The lowest BCUT2D eigenvalue weighted by Gasteiger charge is -2.22. The lowest BCUT2D eigenvalue weighted by Crippen LogP contribution is -2.25. The molecule has 1 rings (SSSR count). The van der Waals surface area contributed by atoms with E-state index in [1.807, 2.05) is 0 Å². The molecule has 0 aromatic heterocycles. The summed E-state index contributed by atoms with van der Waals surface area (Å²) in [5.74, 6) is 0.951. The van der Waals surface area contributed by atoms with Gasteiger partial charge in [-0.05, 0) is 43.6 Å². The fourth-order valence-electron chi connectivity index (χ4n) is 3.49. The Morgan fingerprint density at radius 3 is 1.58 bits per heavy atom. The molecule has 0 spiro atoms. The second-order valence-electron chi connectivity index (χ2n) is 7.66. The quantitative estimate of drug-likeness (QED) is 0.272. The van der Waals surface area contributed by atoms with Crippen LogP contribution in [-0.4, -0.2) is 25.1 Å². The Labute approximate surface area is 163 Å². The van der Waals surface area contributed by atoms with Crippen molar-refractivity contribution in [1.29, 1.82) is 0 Å². The van der Waals surface area contributed by atoms with Crippen LogP contribution >= 0.6 is 0 Å². The van der Waals surface area contributed by atoms with Gasteiger partial charge < -0.3 is 4.74 Å². The molecule has 0 radical (unpaired) electrons. The molecule has 1 aromatic carbocycles. The van der Waals surface area contributed by atoms with E-state index in [2.05, 4.69) is 43.0 Å². The molecule has 0 amide bonds. The minimum atomic E-state index is 0.951. The van der Waals surface area contributed by atoms with Gasteiger partial charge in [0.25, 0.3) is 0 Å². The van der Waals surface area contributed by atoms with Crippen molar-refractivity contribution in [2.75, 3.05) is 20.2 Å². The van der Waals surface area contributed by atoms with Crippen molar-refractivity contribution in [2.24, 2.45) is 0 Å². The van der Waals surface area contributed by atoms with E-state index in [0.29, 0.717) is 0 Å². The van der Waals surface area contributed by atoms with Crippen molar-refractivity contribution >= 4 is 0 Å². The van der Waals surface area contributed by atoms with E-state index in [1.165, 1.54) is 95.7 Å². The van der Waals surface area contributed by atoms with Crippen LogP contribution in [0.2, 0.25) is 0 Å². The summed E-state index contributed by atoms with van der Waals surface area (Å²) < 4.78 is 5.28. The van der Waals surface area contributed by atoms with Crippen molar-refractivity contribution in [3.8, 4) is 5.75 Å². The number of unbranched alkanes of at least 4 members (excludes halogenated alkanes) is 10. The predicted molar refractivity (Wildman–Crippen MR) is 115 cm³/mol. The van der Waals surface area contributed by atoms with Crippen LogP contribution in [0.3, 0.4) is 0 Å². The van der Waals surface area contributed by atoms with Crippen LogP contribution in [0.25, 0.3) is 0 Å². The van der Waals surface area contributed by atoms with Gasteiger partial charge in [-0.25, -0.2) is 0 Å². The molecule has 2 heteroatoms. The largest absolute Gasteiger partial charge is 0.497 e. The van der Waals surface area contributed by atoms with Crippen LogP contribution in [0.5, 0.6) is 5.75 Å². The molecule has 0 bridgehead atoms. The Morgan fingerprint density at radius 2 is 1.12 bits per heavy atom. The summed E-state index contributed by atoms with van der Waals surface area (Å²) in [5, 5.41) is 0. The van der Waals surface area contributed by atoms with E-state index in [9.17, 15) is 0 Å². The molecular weight excluding hydrogens is 318 g/mol. The zero-order valence-corrected chi connectivity index (χ0v) is 17.8. The third-order valence-corrected chi connectivity index (χ3v) is 5.22. The summed E-state index contributed by atoms with van der Waals surface area (Å²) in [7, 11) is 1.73. The van der Waals surface area contributed by atoms with Gasteiger partial charge in [0.05, 0.1) is 7.11 Å². The van der Waals surface area contributed by atoms with Crippen LogP contribution < -0.4 is 4.74 Å². The molecule has 0 N–H and O–H groups in total. The van der Waals surface area contributed by atoms with Gasteiger partial charge in [0.2, 0.25) is 0 Å². The first-order valence-corrected chi connectivity index (χ1v) is 11.2. The molecule has 0 aliphatic heterocycles. The van der Waals surface area contributed by atoms with Crippen molar-refractivity contribution < 1.29 is 4.74 Å². The number of hydrogen-bond acceptors (Lipinski definition) is 2. The Morgan fingerprint density at radius 1 is 0.654 bits per heavy atom. The summed E-state index contributed by atoms with van der Waals surface area (Å²) >= 11 is 0. The first kappa shape index (κ1) is 23.0. The number of hydrogen-bond donors (Lipinski definition) is 0. The average molecular weight is 362 g/mol. The number of ether oxygens (including phenoxy) is 1. The highest BCUT2D eigenvalue weighted by atomic mass is 16.5. The molecular formula is C24H43NO. The number of benzene rings is 1. The van der Waals surface area contributed by atoms with E-state index in [4.69, 9.17) is 4.74 Å². The highest BCUT2D eigenvalue weighted by Crippen LogP contribution is 2.15. The van der Waals surface area contributed by atoms with Crippen LogP contribution in [-0.2, 0) is 6.54 Å². The highest BCUT2D eigenvalue weighted by Gasteiger charge is 2.06. The standard InChI is InChI=1S/C24H43NO/c1-4-6-8-10-12-14-20-25(21-15-13-11-9-7-5-2)22-23-16-18-24(26-3)19-17-23/h16-19H,4-15,20-22H2,1-3H3. The molecule has 0 saturated carbocycles. The Bertz CT molecular complexity index is 399. The Kier molecular flexibility index (Phi) is 14.3. The van der Waals surface area contributed by atoms with Gasteiger partial charge in [-0.3, -0.25) is 4.90 Å². The third kappa shape index (κ3) is 11.6. The monoisotopic (exact) mass is 361 g/mol. The molecule has 0 heterocycles. The van der Waals surface area contributed by atoms with Gasteiger partial charge in [-0.1, -0.05) is 90.2 Å². The SMILES string of the molecule is CCCCCCCCN(CCCCCCCC)Cc1ccc(OC)cc1. The molecule has 0 saturated heterocycles. The molecule has 0 aliphatic carbocycles. The second kappa shape index (κ2) is 16.2. The van der Waals surface area contributed by atoms with Crippen LogP contribution in [0.4, 0.5) is 0 Å². The molecule has 0 aliphatic rings. The van der Waals surface area contributed by atoms with Crippen LogP contribution in [0, 0.1) is 0 Å². The maximum absolute atomic E-state index is 5.28. The van der Waals surface area contributed by atoms with Gasteiger partial charge in [-0.15, -0.1) is 0 Å². The van der Waals surface area contributed by atoms with Crippen molar-refractivity contribution in [3.63, 3.8) is 0 Å². The molecule has 0 atom stereocenters. The minimum Gasteiger partial charge on any atom is -0.497 e. The molecule has 1 aromatic rings. The molecule has 0 unspecified atom stereocenters. The smallest absolute Gasteiger partial charge is 0.118 e. The molecule has 26 heavy (non-hydrogen) atoms. The minimum absolute atomic E-state index is 0.951. The maximum Gasteiger partial charge on any atom is 0.118 e. The van der Waals surface area contributed by atoms with Gasteiger partial charge >= 0.3 is 0 Å². The van der Waals surface area contributed by atoms with Gasteiger partial charge in [0, 0.05) is 6.54 Å². The first-order chi connectivity index (χ1) is 12.8. The fraction of sp³-hybridized carbons (Fsp3) is 0.750. The zero-order valence-electron chi connectivity index (χ0n) is 17.8. The summed E-state index contributed by atoms with van der Waals surface area (Å²) in [6.45, 7) is 8.14. The zero-order chi connectivity index (χ0) is 18.9. The Balaban J connectivity index is 2.35. The van der Waals surface area contributed by atoms with Crippen LogP contribution in [0.1, 0.15) is 96.5 Å².